The number of benzene rings is 1. The Hall–Kier alpha value is -1.84. The van der Waals surface area contributed by atoms with Crippen molar-refractivity contribution < 1.29 is 14.6 Å². The van der Waals surface area contributed by atoms with Crippen LogP contribution in [0.2, 0.25) is 0 Å². The Bertz CT molecular complexity index is 906. The molecule has 6 nitrogen and oxygen atoms in total. The summed E-state index contributed by atoms with van der Waals surface area (Å²) in [5.41, 5.74) is 2.22. The molecule has 130 valence electrons. The van der Waals surface area contributed by atoms with Crippen molar-refractivity contribution >= 4 is 45.0 Å². The second-order valence-electron chi connectivity index (χ2n) is 5.09. The van der Waals surface area contributed by atoms with Gasteiger partial charge in [0.2, 0.25) is 4.73 Å². The van der Waals surface area contributed by atoms with E-state index >= 15 is 0 Å². The summed E-state index contributed by atoms with van der Waals surface area (Å²) < 4.78 is 7.57. The zero-order valence-electron chi connectivity index (χ0n) is 13.4. The molecule has 0 unspecified atom stereocenters. The Kier molecular flexibility index (Phi) is 5.45. The number of thioether (sulfide) groups is 1. The van der Waals surface area contributed by atoms with Crippen molar-refractivity contribution in [2.75, 3.05) is 12.9 Å². The van der Waals surface area contributed by atoms with E-state index in [2.05, 4.69) is 26.1 Å². The van der Waals surface area contributed by atoms with Gasteiger partial charge in [-0.05, 0) is 64.3 Å². The molecule has 1 aromatic carbocycles. The highest BCUT2D eigenvalue weighted by Crippen LogP contribution is 2.37. The van der Waals surface area contributed by atoms with Crippen molar-refractivity contribution in [3.63, 3.8) is 0 Å². The number of aryl methyl sites for hydroxylation is 1. The molecule has 0 fully saturated rings. The number of hydrogen-bond acceptors (Lipinski definition) is 6. The molecule has 0 amide bonds. The second kappa shape index (κ2) is 7.59. The Morgan fingerprint density at radius 1 is 1.36 bits per heavy atom. The van der Waals surface area contributed by atoms with Crippen LogP contribution in [-0.2, 0) is 4.79 Å². The van der Waals surface area contributed by atoms with E-state index in [9.17, 15) is 4.79 Å². The number of halogens is 1. The molecule has 0 atom stereocenters. The number of ether oxygens (including phenoxy) is 1. The van der Waals surface area contributed by atoms with E-state index in [1.165, 1.54) is 0 Å². The number of thiophene rings is 1. The van der Waals surface area contributed by atoms with Crippen molar-refractivity contribution in [1.82, 2.24) is 14.8 Å². The fourth-order valence-electron chi connectivity index (χ4n) is 2.26. The van der Waals surface area contributed by atoms with Crippen LogP contribution in [0.5, 0.6) is 5.75 Å². The molecule has 2 aromatic heterocycles. The van der Waals surface area contributed by atoms with E-state index < -0.39 is 5.97 Å². The first-order valence-electron chi connectivity index (χ1n) is 7.20. The molecule has 0 bridgehead atoms. The average molecular weight is 440 g/mol. The van der Waals surface area contributed by atoms with Gasteiger partial charge in [-0.25, -0.2) is 0 Å². The van der Waals surface area contributed by atoms with E-state index in [0.717, 1.165) is 38.5 Å². The van der Waals surface area contributed by atoms with Crippen LogP contribution in [0.4, 0.5) is 0 Å². The van der Waals surface area contributed by atoms with Crippen LogP contribution in [-0.4, -0.2) is 38.7 Å². The van der Waals surface area contributed by atoms with E-state index in [-0.39, 0.29) is 5.75 Å². The van der Waals surface area contributed by atoms with E-state index in [1.807, 2.05) is 41.8 Å². The molecule has 0 saturated heterocycles. The third-order valence-corrected chi connectivity index (χ3v) is 6.09. The van der Waals surface area contributed by atoms with Crippen molar-refractivity contribution in [2.45, 2.75) is 12.1 Å². The standard InChI is InChI=1S/C16H14BrN3O3S2/c1-9-7-12(20-15(17)18-19-16(20)24-8-13(21)22)25-14(9)10-3-5-11(23-2)6-4-10/h3-7H,8H2,1-2H3,(H,21,22). The third kappa shape index (κ3) is 3.88. The van der Waals surface area contributed by atoms with Gasteiger partial charge in [-0.15, -0.1) is 21.5 Å². The van der Waals surface area contributed by atoms with Crippen LogP contribution >= 0.6 is 39.0 Å². The molecule has 0 spiro atoms. The lowest BCUT2D eigenvalue weighted by Crippen LogP contribution is -2.01. The predicted molar refractivity (Wildman–Crippen MR) is 102 cm³/mol. The molecule has 2 heterocycles. The molecule has 3 rings (SSSR count). The molecule has 0 aliphatic rings. The number of carboxylic acids is 1. The van der Waals surface area contributed by atoms with Gasteiger partial charge < -0.3 is 9.84 Å². The molecular weight excluding hydrogens is 426 g/mol. The number of carboxylic acid groups (broad SMARTS) is 1. The fourth-order valence-corrected chi connectivity index (χ4v) is 4.84. The smallest absolute Gasteiger partial charge is 0.313 e. The quantitative estimate of drug-likeness (QED) is 0.578. The monoisotopic (exact) mass is 439 g/mol. The van der Waals surface area contributed by atoms with Crippen LogP contribution in [0, 0.1) is 6.92 Å². The van der Waals surface area contributed by atoms with Gasteiger partial charge in [0.25, 0.3) is 0 Å². The normalized spacial score (nSPS) is 10.8. The van der Waals surface area contributed by atoms with Gasteiger partial charge in [0.1, 0.15) is 10.8 Å². The number of hydrogen-bond donors (Lipinski definition) is 1. The summed E-state index contributed by atoms with van der Waals surface area (Å²) in [6, 6.07) is 9.93. The highest BCUT2D eigenvalue weighted by atomic mass is 79.9. The minimum absolute atomic E-state index is 0.0686. The highest BCUT2D eigenvalue weighted by Gasteiger charge is 2.17. The molecular formula is C16H14BrN3O3S2. The number of methoxy groups -OCH3 is 1. The van der Waals surface area contributed by atoms with E-state index in [0.29, 0.717) is 9.89 Å². The van der Waals surface area contributed by atoms with Gasteiger partial charge in [0.15, 0.2) is 5.16 Å². The summed E-state index contributed by atoms with van der Waals surface area (Å²) in [6.07, 6.45) is 0. The zero-order chi connectivity index (χ0) is 18.0. The van der Waals surface area contributed by atoms with E-state index in [1.54, 1.807) is 18.4 Å². The molecule has 0 saturated carbocycles. The molecule has 0 aliphatic heterocycles. The lowest BCUT2D eigenvalue weighted by molar-refractivity contribution is -0.133. The Morgan fingerprint density at radius 2 is 2.08 bits per heavy atom. The number of aromatic nitrogens is 3. The lowest BCUT2D eigenvalue weighted by atomic mass is 10.1. The molecule has 25 heavy (non-hydrogen) atoms. The number of carbonyl (C=O) groups is 1. The minimum Gasteiger partial charge on any atom is -0.497 e. The topological polar surface area (TPSA) is 77.2 Å². The Labute approximate surface area is 161 Å². The summed E-state index contributed by atoms with van der Waals surface area (Å²) in [7, 11) is 1.64. The van der Waals surface area contributed by atoms with Gasteiger partial charge in [0, 0.05) is 4.88 Å². The van der Waals surface area contributed by atoms with Gasteiger partial charge in [-0.1, -0.05) is 11.8 Å². The van der Waals surface area contributed by atoms with Crippen LogP contribution in [0.1, 0.15) is 5.56 Å². The van der Waals surface area contributed by atoms with Crippen molar-refractivity contribution in [2.24, 2.45) is 0 Å². The summed E-state index contributed by atoms with van der Waals surface area (Å²) in [6.45, 7) is 2.04. The molecule has 0 radical (unpaired) electrons. The molecule has 0 aliphatic carbocycles. The Balaban J connectivity index is 1.97. The first-order chi connectivity index (χ1) is 12.0. The first kappa shape index (κ1) is 18.0. The zero-order valence-corrected chi connectivity index (χ0v) is 16.6. The summed E-state index contributed by atoms with van der Waals surface area (Å²) in [5, 5.41) is 18.4. The maximum atomic E-state index is 10.8. The summed E-state index contributed by atoms with van der Waals surface area (Å²) >= 11 is 6.12. The van der Waals surface area contributed by atoms with Crippen LogP contribution in [0.3, 0.4) is 0 Å². The van der Waals surface area contributed by atoms with Crippen molar-refractivity contribution in [1.29, 1.82) is 0 Å². The lowest BCUT2D eigenvalue weighted by Gasteiger charge is -2.04. The second-order valence-corrected chi connectivity index (χ2v) is 7.78. The predicted octanol–water partition coefficient (Wildman–Crippen LogP) is 4.25. The van der Waals surface area contributed by atoms with Crippen LogP contribution in [0.15, 0.2) is 40.2 Å². The van der Waals surface area contributed by atoms with Crippen molar-refractivity contribution in [3.8, 4) is 21.2 Å². The first-order valence-corrected chi connectivity index (χ1v) is 9.80. The number of rotatable bonds is 6. The summed E-state index contributed by atoms with van der Waals surface area (Å²) in [4.78, 5) is 12.0. The van der Waals surface area contributed by atoms with Crippen molar-refractivity contribution in [3.05, 3.63) is 40.6 Å². The molecule has 1 N–H and O–H groups in total. The maximum absolute atomic E-state index is 10.8. The number of aliphatic carboxylic acids is 1. The van der Waals surface area contributed by atoms with E-state index in [4.69, 9.17) is 9.84 Å². The minimum atomic E-state index is -0.892. The van der Waals surface area contributed by atoms with Crippen LogP contribution < -0.4 is 4.74 Å². The molecule has 9 heteroatoms. The number of nitrogens with zero attached hydrogens (tertiary/aromatic N) is 3. The van der Waals surface area contributed by atoms with Gasteiger partial charge in [-0.3, -0.25) is 9.36 Å². The fraction of sp³-hybridized carbons (Fsp3) is 0.188. The average Bonchev–Trinajstić information content (AvgIpc) is 3.15. The maximum Gasteiger partial charge on any atom is 0.313 e. The summed E-state index contributed by atoms with van der Waals surface area (Å²) in [5.74, 6) is -0.148. The van der Waals surface area contributed by atoms with Crippen LogP contribution in [0.25, 0.3) is 15.4 Å². The van der Waals surface area contributed by atoms with Gasteiger partial charge >= 0.3 is 5.97 Å². The van der Waals surface area contributed by atoms with Gasteiger partial charge in [0.05, 0.1) is 12.9 Å². The third-order valence-electron chi connectivity index (χ3n) is 3.40. The van der Waals surface area contributed by atoms with Gasteiger partial charge in [-0.2, -0.15) is 0 Å². The largest absolute Gasteiger partial charge is 0.497 e. The highest BCUT2D eigenvalue weighted by molar-refractivity contribution is 9.10. The SMILES string of the molecule is COc1ccc(-c2sc(-n3c(Br)nnc3SCC(=O)O)cc2C)cc1. The molecule has 3 aromatic rings. The Morgan fingerprint density at radius 3 is 2.72 bits per heavy atom.